The zero-order valence-corrected chi connectivity index (χ0v) is 15.1. The molecule has 0 spiro atoms. The lowest BCUT2D eigenvalue weighted by Gasteiger charge is -2.19. The van der Waals surface area contributed by atoms with Gasteiger partial charge < -0.3 is 20.5 Å². The average Bonchev–Trinajstić information content (AvgIpc) is 2.60. The molecular weight excluding hydrogens is 356 g/mol. The van der Waals surface area contributed by atoms with Crippen LogP contribution in [0.1, 0.15) is 18.4 Å². The normalized spacial score (nSPS) is 11.5. The first-order chi connectivity index (χ1) is 12.5. The maximum Gasteiger partial charge on any atom is 0.319 e. The van der Waals surface area contributed by atoms with Gasteiger partial charge in [-0.25, -0.2) is 4.79 Å². The van der Waals surface area contributed by atoms with Crippen molar-refractivity contribution in [3.63, 3.8) is 0 Å². The number of hydrogen-bond acceptors (Lipinski definition) is 3. The number of halogens is 1. The van der Waals surface area contributed by atoms with Gasteiger partial charge in [0, 0.05) is 12.5 Å². The quantitative estimate of drug-likeness (QED) is 0.651. The van der Waals surface area contributed by atoms with Crippen LogP contribution in [0.15, 0.2) is 48.5 Å². The molecule has 1 atom stereocenters. The lowest BCUT2D eigenvalue weighted by molar-refractivity contribution is -0.137. The Labute approximate surface area is 157 Å². The Morgan fingerprint density at radius 2 is 1.88 bits per heavy atom. The van der Waals surface area contributed by atoms with Gasteiger partial charge >= 0.3 is 12.0 Å². The molecule has 3 N–H and O–H groups in total. The van der Waals surface area contributed by atoms with Gasteiger partial charge in [0.2, 0.25) is 0 Å². The first-order valence-corrected chi connectivity index (χ1v) is 8.53. The second-order valence-corrected chi connectivity index (χ2v) is 6.15. The van der Waals surface area contributed by atoms with Crippen LogP contribution in [0.4, 0.5) is 10.5 Å². The van der Waals surface area contributed by atoms with E-state index in [1.165, 1.54) is 7.11 Å². The number of aliphatic carboxylic acids is 1. The lowest BCUT2D eigenvalue weighted by atomic mass is 10.0. The van der Waals surface area contributed by atoms with Crippen LogP contribution in [0, 0.1) is 0 Å². The Hall–Kier alpha value is -2.73. The number of carboxylic acids is 1. The number of hydrogen-bond donors (Lipinski definition) is 3. The second kappa shape index (κ2) is 9.68. The van der Waals surface area contributed by atoms with Gasteiger partial charge in [0.15, 0.2) is 5.75 Å². The van der Waals surface area contributed by atoms with Gasteiger partial charge in [0.25, 0.3) is 0 Å². The van der Waals surface area contributed by atoms with Crippen LogP contribution in [-0.2, 0) is 11.2 Å². The first kappa shape index (κ1) is 19.6. The first-order valence-electron chi connectivity index (χ1n) is 8.15. The van der Waals surface area contributed by atoms with Crippen LogP contribution in [-0.4, -0.2) is 30.3 Å². The molecule has 0 heterocycles. The summed E-state index contributed by atoms with van der Waals surface area (Å²) in [6.07, 6.45) is 0.830. The van der Waals surface area contributed by atoms with Crippen molar-refractivity contribution in [2.24, 2.45) is 0 Å². The van der Waals surface area contributed by atoms with Crippen molar-refractivity contribution in [3.05, 3.63) is 59.1 Å². The van der Waals surface area contributed by atoms with Crippen molar-refractivity contribution >= 4 is 29.3 Å². The molecule has 0 aromatic heterocycles. The molecule has 0 aliphatic rings. The van der Waals surface area contributed by atoms with Gasteiger partial charge in [-0.1, -0.05) is 48.0 Å². The van der Waals surface area contributed by atoms with E-state index in [1.807, 2.05) is 30.3 Å². The number of ether oxygens (including phenoxy) is 1. The molecular formula is C19H21ClN2O4. The van der Waals surface area contributed by atoms with E-state index in [1.54, 1.807) is 18.2 Å². The van der Waals surface area contributed by atoms with Crippen molar-refractivity contribution in [1.29, 1.82) is 0 Å². The number of methoxy groups -OCH3 is 1. The molecule has 26 heavy (non-hydrogen) atoms. The fourth-order valence-corrected chi connectivity index (χ4v) is 2.83. The minimum Gasteiger partial charge on any atom is -0.493 e. The molecule has 0 saturated heterocycles. The SMILES string of the molecule is COc1c(Cl)cccc1NC(=O)NC(CCC(=O)O)Cc1ccccc1. The Morgan fingerprint density at radius 1 is 1.15 bits per heavy atom. The van der Waals surface area contributed by atoms with Crippen molar-refractivity contribution in [2.45, 2.75) is 25.3 Å². The van der Waals surface area contributed by atoms with Gasteiger partial charge in [-0.3, -0.25) is 4.79 Å². The third-order valence-corrected chi connectivity index (χ3v) is 4.08. The molecule has 0 aliphatic heterocycles. The van der Waals surface area contributed by atoms with E-state index in [2.05, 4.69) is 10.6 Å². The summed E-state index contributed by atoms with van der Waals surface area (Å²) in [7, 11) is 1.47. The number of nitrogens with one attached hydrogen (secondary N) is 2. The van der Waals surface area contributed by atoms with E-state index >= 15 is 0 Å². The van der Waals surface area contributed by atoms with E-state index in [4.69, 9.17) is 21.4 Å². The van der Waals surface area contributed by atoms with Gasteiger partial charge in [-0.15, -0.1) is 0 Å². The standard InChI is InChI=1S/C19H21ClN2O4/c1-26-18-15(20)8-5-9-16(18)22-19(25)21-14(10-11-17(23)24)12-13-6-3-2-4-7-13/h2-9,14H,10-12H2,1H3,(H,23,24)(H2,21,22,25). The lowest BCUT2D eigenvalue weighted by Crippen LogP contribution is -2.39. The summed E-state index contributed by atoms with van der Waals surface area (Å²) in [5.74, 6) is -0.531. The highest BCUT2D eigenvalue weighted by molar-refractivity contribution is 6.32. The molecule has 0 fully saturated rings. The summed E-state index contributed by atoms with van der Waals surface area (Å²) in [6, 6.07) is 13.9. The monoisotopic (exact) mass is 376 g/mol. The molecule has 2 aromatic carbocycles. The predicted molar refractivity (Wildman–Crippen MR) is 101 cm³/mol. The molecule has 7 heteroatoms. The maximum absolute atomic E-state index is 12.4. The molecule has 0 radical (unpaired) electrons. The average molecular weight is 377 g/mol. The number of carbonyl (C=O) groups is 2. The number of rotatable bonds is 8. The molecule has 0 saturated carbocycles. The minimum absolute atomic E-state index is 0.0295. The topological polar surface area (TPSA) is 87.7 Å². The van der Waals surface area contributed by atoms with E-state index in [0.29, 0.717) is 29.3 Å². The Bertz CT molecular complexity index is 752. The van der Waals surface area contributed by atoms with E-state index in [0.717, 1.165) is 5.56 Å². The number of para-hydroxylation sites is 1. The summed E-state index contributed by atoms with van der Waals surface area (Å²) in [5, 5.41) is 14.9. The zero-order chi connectivity index (χ0) is 18.9. The summed E-state index contributed by atoms with van der Waals surface area (Å²) in [5.41, 5.74) is 1.46. The number of carboxylic acid groups (broad SMARTS) is 1. The van der Waals surface area contributed by atoms with E-state index in [-0.39, 0.29) is 12.5 Å². The van der Waals surface area contributed by atoms with Crippen molar-refractivity contribution in [2.75, 3.05) is 12.4 Å². The Kier molecular flexibility index (Phi) is 7.29. The van der Waals surface area contributed by atoms with Crippen molar-refractivity contribution in [1.82, 2.24) is 5.32 Å². The third kappa shape index (κ3) is 5.97. The number of carbonyl (C=O) groups excluding carboxylic acids is 1. The molecule has 0 aliphatic carbocycles. The number of urea groups is 1. The number of amides is 2. The molecule has 2 amide bonds. The van der Waals surface area contributed by atoms with E-state index in [9.17, 15) is 9.59 Å². The Morgan fingerprint density at radius 3 is 2.54 bits per heavy atom. The molecule has 1 unspecified atom stereocenters. The van der Waals surface area contributed by atoms with E-state index < -0.39 is 12.0 Å². The van der Waals surface area contributed by atoms with Crippen LogP contribution < -0.4 is 15.4 Å². The molecule has 138 valence electrons. The second-order valence-electron chi connectivity index (χ2n) is 5.74. The fourth-order valence-electron chi connectivity index (χ4n) is 2.58. The molecule has 6 nitrogen and oxygen atoms in total. The molecule has 0 bridgehead atoms. The number of benzene rings is 2. The number of anilines is 1. The van der Waals surface area contributed by atoms with Gasteiger partial charge in [-0.05, 0) is 30.5 Å². The largest absolute Gasteiger partial charge is 0.493 e. The van der Waals surface area contributed by atoms with Gasteiger partial charge in [0.1, 0.15) is 0 Å². The summed E-state index contributed by atoms with van der Waals surface area (Å²) >= 11 is 6.05. The van der Waals surface area contributed by atoms with Crippen LogP contribution in [0.3, 0.4) is 0 Å². The predicted octanol–water partition coefficient (Wildman–Crippen LogP) is 3.95. The molecule has 2 rings (SSSR count). The summed E-state index contributed by atoms with van der Waals surface area (Å²) in [4.78, 5) is 23.3. The van der Waals surface area contributed by atoms with Gasteiger partial charge in [0.05, 0.1) is 17.8 Å². The van der Waals surface area contributed by atoms with Crippen molar-refractivity contribution < 1.29 is 19.4 Å². The third-order valence-electron chi connectivity index (χ3n) is 3.79. The molecule has 2 aromatic rings. The van der Waals surface area contributed by atoms with Crippen LogP contribution in [0.5, 0.6) is 5.75 Å². The van der Waals surface area contributed by atoms with Gasteiger partial charge in [-0.2, -0.15) is 0 Å². The minimum atomic E-state index is -0.901. The highest BCUT2D eigenvalue weighted by Gasteiger charge is 2.16. The smallest absolute Gasteiger partial charge is 0.319 e. The van der Waals surface area contributed by atoms with Crippen LogP contribution in [0.2, 0.25) is 5.02 Å². The van der Waals surface area contributed by atoms with Crippen LogP contribution in [0.25, 0.3) is 0 Å². The maximum atomic E-state index is 12.4. The van der Waals surface area contributed by atoms with Crippen molar-refractivity contribution in [3.8, 4) is 5.75 Å². The fraction of sp³-hybridized carbons (Fsp3) is 0.263. The zero-order valence-electron chi connectivity index (χ0n) is 14.4. The highest BCUT2D eigenvalue weighted by atomic mass is 35.5. The summed E-state index contributed by atoms with van der Waals surface area (Å²) in [6.45, 7) is 0. The highest BCUT2D eigenvalue weighted by Crippen LogP contribution is 2.32. The summed E-state index contributed by atoms with van der Waals surface area (Å²) < 4.78 is 5.20. The Balaban J connectivity index is 2.05. The van der Waals surface area contributed by atoms with Crippen LogP contribution >= 0.6 is 11.6 Å².